The Labute approximate surface area is 158 Å². The van der Waals surface area contributed by atoms with E-state index in [0.29, 0.717) is 17.2 Å². The number of para-hydroxylation sites is 1. The molecular weight excluding hydrogens is 342 g/mol. The number of amides is 1. The zero-order valence-electron chi connectivity index (χ0n) is 15.0. The lowest BCUT2D eigenvalue weighted by molar-refractivity contribution is -0.118. The van der Waals surface area contributed by atoms with Crippen molar-refractivity contribution < 1.29 is 19.4 Å². The summed E-state index contributed by atoms with van der Waals surface area (Å²) in [4.78, 5) is 12.1. The first-order chi connectivity index (χ1) is 13.1. The van der Waals surface area contributed by atoms with Crippen LogP contribution in [0.15, 0.2) is 72.8 Å². The van der Waals surface area contributed by atoms with Crippen molar-refractivity contribution in [2.45, 2.75) is 13.3 Å². The minimum absolute atomic E-state index is 0.0305. The molecule has 5 heteroatoms. The molecule has 0 radical (unpaired) electrons. The van der Waals surface area contributed by atoms with Crippen LogP contribution in [0.5, 0.6) is 23.0 Å². The summed E-state index contributed by atoms with van der Waals surface area (Å²) in [5.41, 5.74) is 1.41. The lowest BCUT2D eigenvalue weighted by Crippen LogP contribution is -2.20. The highest BCUT2D eigenvalue weighted by atomic mass is 16.5. The number of carbonyl (C=O) groups excluding carboxylic acids is 1. The Bertz CT molecular complexity index is 892. The molecule has 0 saturated carbocycles. The maximum atomic E-state index is 12.1. The maximum absolute atomic E-state index is 12.1. The van der Waals surface area contributed by atoms with Crippen molar-refractivity contribution in [3.8, 4) is 23.0 Å². The van der Waals surface area contributed by atoms with Crippen LogP contribution in [0.2, 0.25) is 0 Å². The molecule has 0 aliphatic heterocycles. The molecule has 0 heterocycles. The van der Waals surface area contributed by atoms with Gasteiger partial charge in [0, 0.05) is 0 Å². The van der Waals surface area contributed by atoms with E-state index in [4.69, 9.17) is 9.47 Å². The van der Waals surface area contributed by atoms with Gasteiger partial charge in [-0.05, 0) is 60.5 Å². The van der Waals surface area contributed by atoms with E-state index < -0.39 is 0 Å². The highest BCUT2D eigenvalue weighted by Crippen LogP contribution is 2.25. The van der Waals surface area contributed by atoms with Gasteiger partial charge in [-0.15, -0.1) is 0 Å². The number of benzene rings is 3. The van der Waals surface area contributed by atoms with Crippen molar-refractivity contribution >= 4 is 11.6 Å². The Hall–Kier alpha value is -3.47. The number of hydrogen-bond acceptors (Lipinski definition) is 4. The fraction of sp³-hybridized carbons (Fsp3) is 0.136. The number of aryl methyl sites for hydroxylation is 1. The Morgan fingerprint density at radius 3 is 2.30 bits per heavy atom. The summed E-state index contributed by atoms with van der Waals surface area (Å²) in [6.07, 6.45) is 0.817. The fourth-order valence-corrected chi connectivity index (χ4v) is 2.47. The van der Waals surface area contributed by atoms with Crippen LogP contribution < -0.4 is 14.8 Å². The number of nitrogens with one attached hydrogen (secondary N) is 1. The molecular formula is C22H21NO4. The smallest absolute Gasteiger partial charge is 0.262 e. The van der Waals surface area contributed by atoms with Gasteiger partial charge in [0.25, 0.3) is 5.91 Å². The zero-order valence-corrected chi connectivity index (χ0v) is 15.0. The number of aromatic hydroxyl groups is 1. The van der Waals surface area contributed by atoms with Crippen molar-refractivity contribution in [2.75, 3.05) is 11.9 Å². The summed E-state index contributed by atoms with van der Waals surface area (Å²) in [6.45, 7) is 1.85. The monoisotopic (exact) mass is 363 g/mol. The second kappa shape index (κ2) is 8.76. The average Bonchev–Trinajstić information content (AvgIpc) is 2.70. The van der Waals surface area contributed by atoms with Crippen LogP contribution in [0.4, 0.5) is 5.69 Å². The molecule has 0 aliphatic carbocycles. The van der Waals surface area contributed by atoms with E-state index >= 15 is 0 Å². The predicted octanol–water partition coefficient (Wildman–Crippen LogP) is 4.76. The molecule has 1 amide bonds. The van der Waals surface area contributed by atoms with Crippen LogP contribution in [0.3, 0.4) is 0 Å². The zero-order chi connectivity index (χ0) is 19.1. The topological polar surface area (TPSA) is 67.8 Å². The number of anilines is 1. The minimum atomic E-state index is -0.344. The van der Waals surface area contributed by atoms with Gasteiger partial charge < -0.3 is 19.9 Å². The van der Waals surface area contributed by atoms with Gasteiger partial charge in [-0.1, -0.05) is 31.2 Å². The molecule has 0 spiro atoms. The minimum Gasteiger partial charge on any atom is -0.506 e. The van der Waals surface area contributed by atoms with Gasteiger partial charge in [0.05, 0.1) is 5.69 Å². The molecule has 2 N–H and O–H groups in total. The lowest BCUT2D eigenvalue weighted by atomic mass is 10.1. The van der Waals surface area contributed by atoms with Crippen LogP contribution in [0.1, 0.15) is 12.5 Å². The third kappa shape index (κ3) is 5.25. The first kappa shape index (κ1) is 18.3. The van der Waals surface area contributed by atoms with Crippen molar-refractivity contribution in [2.24, 2.45) is 0 Å². The normalized spacial score (nSPS) is 10.3. The third-order valence-electron chi connectivity index (χ3n) is 3.92. The van der Waals surface area contributed by atoms with Crippen LogP contribution >= 0.6 is 0 Å². The van der Waals surface area contributed by atoms with Gasteiger partial charge in [-0.25, -0.2) is 0 Å². The molecule has 27 heavy (non-hydrogen) atoms. The molecule has 0 aromatic heterocycles. The Kier molecular flexibility index (Phi) is 5.94. The molecule has 3 rings (SSSR count). The molecule has 0 saturated heterocycles. The highest BCUT2D eigenvalue weighted by molar-refractivity contribution is 5.93. The Morgan fingerprint density at radius 1 is 0.926 bits per heavy atom. The van der Waals surface area contributed by atoms with E-state index in [-0.39, 0.29) is 18.3 Å². The van der Waals surface area contributed by atoms with E-state index in [2.05, 4.69) is 5.32 Å². The van der Waals surface area contributed by atoms with Crippen molar-refractivity contribution in [3.63, 3.8) is 0 Å². The van der Waals surface area contributed by atoms with E-state index in [9.17, 15) is 9.90 Å². The van der Waals surface area contributed by atoms with Crippen LogP contribution in [-0.4, -0.2) is 17.6 Å². The summed E-state index contributed by atoms with van der Waals surface area (Å²) >= 11 is 0. The molecule has 0 aliphatic rings. The average molecular weight is 363 g/mol. The quantitative estimate of drug-likeness (QED) is 0.594. The van der Waals surface area contributed by atoms with Crippen molar-refractivity contribution in [1.29, 1.82) is 0 Å². The van der Waals surface area contributed by atoms with E-state index in [1.165, 1.54) is 0 Å². The van der Waals surface area contributed by atoms with Crippen molar-refractivity contribution in [3.05, 3.63) is 78.4 Å². The lowest BCUT2D eigenvalue weighted by Gasteiger charge is -2.10. The first-order valence-electron chi connectivity index (χ1n) is 8.71. The number of carbonyl (C=O) groups is 1. The molecule has 138 valence electrons. The Morgan fingerprint density at radius 2 is 1.59 bits per heavy atom. The largest absolute Gasteiger partial charge is 0.506 e. The van der Waals surface area contributed by atoms with Crippen LogP contribution in [0, 0.1) is 0 Å². The van der Waals surface area contributed by atoms with Crippen LogP contribution in [-0.2, 0) is 11.2 Å². The molecule has 0 bridgehead atoms. The maximum Gasteiger partial charge on any atom is 0.262 e. The van der Waals surface area contributed by atoms with Gasteiger partial charge in [-0.3, -0.25) is 4.79 Å². The third-order valence-corrected chi connectivity index (χ3v) is 3.92. The predicted molar refractivity (Wildman–Crippen MR) is 105 cm³/mol. The number of rotatable bonds is 7. The molecule has 3 aromatic carbocycles. The summed E-state index contributed by atoms with van der Waals surface area (Å²) in [5, 5.41) is 12.5. The number of ether oxygens (including phenoxy) is 2. The molecule has 0 atom stereocenters. The summed E-state index contributed by atoms with van der Waals surface area (Å²) in [6, 6.07) is 21.6. The first-order valence-corrected chi connectivity index (χ1v) is 8.71. The molecule has 0 fully saturated rings. The van der Waals surface area contributed by atoms with E-state index in [1.54, 1.807) is 36.4 Å². The number of hydrogen-bond donors (Lipinski definition) is 2. The van der Waals surface area contributed by atoms with Gasteiger partial charge in [0.15, 0.2) is 6.61 Å². The van der Waals surface area contributed by atoms with Gasteiger partial charge >= 0.3 is 0 Å². The fourth-order valence-electron chi connectivity index (χ4n) is 2.47. The van der Waals surface area contributed by atoms with Gasteiger partial charge in [0.1, 0.15) is 23.0 Å². The molecule has 5 nitrogen and oxygen atoms in total. The second-order valence-electron chi connectivity index (χ2n) is 5.93. The SMILES string of the molecule is CCc1ccc(O)c(NC(=O)COc2ccc(Oc3ccccc3)cc2)c1. The van der Waals surface area contributed by atoms with Gasteiger partial charge in [0.2, 0.25) is 0 Å². The summed E-state index contributed by atoms with van der Waals surface area (Å²) in [5.74, 6) is 1.67. The van der Waals surface area contributed by atoms with Crippen molar-refractivity contribution in [1.82, 2.24) is 0 Å². The van der Waals surface area contributed by atoms with E-state index in [0.717, 1.165) is 17.7 Å². The Balaban J connectivity index is 1.53. The molecule has 3 aromatic rings. The summed E-state index contributed by atoms with van der Waals surface area (Å²) in [7, 11) is 0. The molecule has 0 unspecified atom stereocenters. The summed E-state index contributed by atoms with van der Waals surface area (Å²) < 4.78 is 11.2. The van der Waals surface area contributed by atoms with E-state index in [1.807, 2.05) is 43.3 Å². The second-order valence-corrected chi connectivity index (χ2v) is 5.93. The van der Waals surface area contributed by atoms with Crippen LogP contribution in [0.25, 0.3) is 0 Å². The number of phenols is 1. The van der Waals surface area contributed by atoms with Gasteiger partial charge in [-0.2, -0.15) is 0 Å². The highest BCUT2D eigenvalue weighted by Gasteiger charge is 2.08. The standard InChI is InChI=1S/C22H21NO4/c1-2-16-8-13-21(24)20(14-16)23-22(25)15-26-17-9-11-19(12-10-17)27-18-6-4-3-5-7-18/h3-14,24H,2,15H2,1H3,(H,23,25). The number of phenolic OH excluding ortho intramolecular Hbond substituents is 1.